The average Bonchev–Trinajstić information content (AvgIpc) is 4.15. The van der Waals surface area contributed by atoms with Crippen molar-refractivity contribution >= 4 is 60.9 Å². The molecule has 0 saturated carbocycles. The number of nitrogens with zero attached hydrogens (tertiary/aromatic N) is 7. The molecule has 330 valence electrons. The number of rotatable bonds is 6. The Balaban J connectivity index is 0.962. The summed E-state index contributed by atoms with van der Waals surface area (Å²) < 4.78 is 4.92. The van der Waals surface area contributed by atoms with E-state index in [1.807, 2.05) is 36.4 Å². The SMILES string of the molecule is C1=CCC2C(=C1)N(c1nc(-c3ccccc3)nc(-c3ccccc3)n1)C1=C2C=C2C(C1)c1ccccc1N2c1cc(-n2c3ccccc3c3ccccc32)cc(-n2c3ccccc3c3ccccc32)c1. The first-order valence-electron chi connectivity index (χ1n) is 24.2. The van der Waals surface area contributed by atoms with E-state index in [1.165, 1.54) is 77.5 Å². The van der Waals surface area contributed by atoms with Gasteiger partial charge in [-0.25, -0.2) is 4.98 Å². The zero-order valence-electron chi connectivity index (χ0n) is 38.1. The molecule has 70 heavy (non-hydrogen) atoms. The van der Waals surface area contributed by atoms with Crippen LogP contribution in [0, 0.1) is 5.92 Å². The molecule has 15 rings (SSSR count). The molecule has 0 amide bonds. The molecule has 5 heterocycles. The van der Waals surface area contributed by atoms with Crippen LogP contribution in [-0.4, -0.2) is 24.1 Å². The lowest BCUT2D eigenvalue weighted by Crippen LogP contribution is -2.25. The topological polar surface area (TPSA) is 55.0 Å². The van der Waals surface area contributed by atoms with Crippen LogP contribution in [0.25, 0.3) is 77.8 Å². The van der Waals surface area contributed by atoms with Gasteiger partial charge in [-0.05, 0) is 78.2 Å². The van der Waals surface area contributed by atoms with Crippen LogP contribution in [0.5, 0.6) is 0 Å². The van der Waals surface area contributed by atoms with Gasteiger partial charge in [0, 0.05) is 73.7 Å². The summed E-state index contributed by atoms with van der Waals surface area (Å²) in [7, 11) is 0. The molecule has 7 heteroatoms. The Hall–Kier alpha value is -9.07. The summed E-state index contributed by atoms with van der Waals surface area (Å²) in [6, 6.07) is 72.1. The molecular formula is C63H43N7. The maximum Gasteiger partial charge on any atom is 0.238 e. The Labute approximate surface area is 404 Å². The average molecular weight is 898 g/mol. The maximum absolute atomic E-state index is 5.31. The van der Waals surface area contributed by atoms with Crippen molar-refractivity contribution in [2.75, 3.05) is 9.80 Å². The first-order valence-corrected chi connectivity index (χ1v) is 24.2. The van der Waals surface area contributed by atoms with E-state index in [0.29, 0.717) is 17.6 Å². The Morgan fingerprint density at radius 3 is 1.47 bits per heavy atom. The van der Waals surface area contributed by atoms with E-state index in [-0.39, 0.29) is 11.8 Å². The molecule has 0 N–H and O–H groups in total. The van der Waals surface area contributed by atoms with Crippen molar-refractivity contribution in [2.45, 2.75) is 18.8 Å². The number of fused-ring (bicyclic) bond motifs is 11. The van der Waals surface area contributed by atoms with Gasteiger partial charge in [0.15, 0.2) is 11.6 Å². The summed E-state index contributed by atoms with van der Waals surface area (Å²) >= 11 is 0. The van der Waals surface area contributed by atoms with Gasteiger partial charge in [0.1, 0.15) is 0 Å². The van der Waals surface area contributed by atoms with Crippen LogP contribution in [-0.2, 0) is 0 Å². The number of aromatic nitrogens is 5. The van der Waals surface area contributed by atoms with Crippen molar-refractivity contribution in [1.29, 1.82) is 0 Å². The van der Waals surface area contributed by atoms with Crippen molar-refractivity contribution in [3.63, 3.8) is 0 Å². The van der Waals surface area contributed by atoms with Crippen LogP contribution in [0.4, 0.5) is 17.3 Å². The summed E-state index contributed by atoms with van der Waals surface area (Å²) in [5.41, 5.74) is 17.6. The molecule has 2 aliphatic heterocycles. The van der Waals surface area contributed by atoms with Crippen molar-refractivity contribution in [1.82, 2.24) is 24.1 Å². The lowest BCUT2D eigenvalue weighted by Gasteiger charge is -2.30. The fraction of sp³-hybridized carbons (Fsp3) is 0.0635. The molecule has 0 bridgehead atoms. The third-order valence-corrected chi connectivity index (χ3v) is 14.9. The van der Waals surface area contributed by atoms with Crippen molar-refractivity contribution in [3.05, 3.63) is 253 Å². The highest BCUT2D eigenvalue weighted by Gasteiger charge is 2.46. The second-order valence-electron chi connectivity index (χ2n) is 18.7. The molecule has 0 spiro atoms. The first kappa shape index (κ1) is 39.0. The van der Waals surface area contributed by atoms with Gasteiger partial charge >= 0.3 is 0 Å². The largest absolute Gasteiger partial charge is 0.313 e. The Bertz CT molecular complexity index is 3800. The molecule has 0 radical (unpaired) electrons. The molecule has 2 aliphatic carbocycles. The maximum atomic E-state index is 5.31. The van der Waals surface area contributed by atoms with Crippen molar-refractivity contribution < 1.29 is 0 Å². The van der Waals surface area contributed by atoms with Crippen LogP contribution in [0.2, 0.25) is 0 Å². The van der Waals surface area contributed by atoms with E-state index in [1.54, 1.807) is 0 Å². The summed E-state index contributed by atoms with van der Waals surface area (Å²) in [5, 5.41) is 4.96. The second-order valence-corrected chi connectivity index (χ2v) is 18.7. The van der Waals surface area contributed by atoms with Gasteiger partial charge in [0.25, 0.3) is 0 Å². The van der Waals surface area contributed by atoms with Crippen LogP contribution in [0.1, 0.15) is 24.3 Å². The van der Waals surface area contributed by atoms with Gasteiger partial charge in [-0.15, -0.1) is 0 Å². The predicted octanol–water partition coefficient (Wildman–Crippen LogP) is 15.2. The van der Waals surface area contributed by atoms with E-state index in [0.717, 1.165) is 41.0 Å². The summed E-state index contributed by atoms with van der Waals surface area (Å²) in [5.74, 6) is 2.21. The molecule has 0 fully saturated rings. The van der Waals surface area contributed by atoms with Gasteiger partial charge in [-0.1, -0.05) is 164 Å². The number of hydrogen-bond donors (Lipinski definition) is 0. The smallest absolute Gasteiger partial charge is 0.238 e. The highest BCUT2D eigenvalue weighted by molar-refractivity contribution is 6.11. The van der Waals surface area contributed by atoms with E-state index in [2.05, 4.69) is 207 Å². The van der Waals surface area contributed by atoms with E-state index in [4.69, 9.17) is 15.0 Å². The highest BCUT2D eigenvalue weighted by atomic mass is 15.3. The normalized spacial score (nSPS) is 17.0. The first-order chi connectivity index (χ1) is 34.7. The second kappa shape index (κ2) is 15.2. The molecule has 4 aliphatic rings. The minimum absolute atomic E-state index is 0.0868. The van der Waals surface area contributed by atoms with Crippen molar-refractivity contribution in [3.8, 4) is 34.2 Å². The van der Waals surface area contributed by atoms with Crippen molar-refractivity contribution in [2.24, 2.45) is 5.92 Å². The third-order valence-electron chi connectivity index (χ3n) is 14.9. The Kier molecular flexibility index (Phi) is 8.48. The third kappa shape index (κ3) is 5.78. The molecule has 2 atom stereocenters. The minimum Gasteiger partial charge on any atom is -0.313 e. The van der Waals surface area contributed by atoms with Crippen LogP contribution in [0.3, 0.4) is 0 Å². The summed E-state index contributed by atoms with van der Waals surface area (Å²) in [6.07, 6.45) is 11.0. The lowest BCUT2D eigenvalue weighted by molar-refractivity contribution is 0.735. The molecule has 2 unspecified atom stereocenters. The number of anilines is 3. The standard InChI is InChI=1S/C63H43N7/c1-3-19-40(20-4-1)61-64-62(41-21-5-2-6-22-41)66-63(65-61)70-58-34-18-12-28-50(58)52-38-59-51(39-60(52)70)49-27-11-17-33-57(49)69(59)44-36-42(67-53-29-13-7-23-45(53)46-24-8-14-30-54(46)67)35-43(37-44)68-55-31-15-9-25-47(55)48-26-10-16-32-56(48)68/h1-27,29-38,50-51H,28,39H2. The quantitative estimate of drug-likeness (QED) is 0.166. The lowest BCUT2D eigenvalue weighted by atomic mass is 9.83. The number of allylic oxidation sites excluding steroid dienone is 7. The molecule has 11 aromatic rings. The van der Waals surface area contributed by atoms with Gasteiger partial charge in [-0.3, -0.25) is 4.90 Å². The van der Waals surface area contributed by atoms with Crippen LogP contribution < -0.4 is 9.80 Å². The molecule has 0 saturated heterocycles. The van der Waals surface area contributed by atoms with E-state index in [9.17, 15) is 0 Å². The van der Waals surface area contributed by atoms with Gasteiger partial charge in [-0.2, -0.15) is 9.97 Å². The highest BCUT2D eigenvalue weighted by Crippen LogP contribution is 2.58. The van der Waals surface area contributed by atoms with E-state index < -0.39 is 0 Å². The number of para-hydroxylation sites is 5. The summed E-state index contributed by atoms with van der Waals surface area (Å²) in [4.78, 5) is 20.6. The number of benzene rings is 8. The van der Waals surface area contributed by atoms with Gasteiger partial charge in [0.2, 0.25) is 5.95 Å². The number of hydrogen-bond acceptors (Lipinski definition) is 5. The molecule has 3 aromatic heterocycles. The zero-order chi connectivity index (χ0) is 45.9. The van der Waals surface area contributed by atoms with E-state index >= 15 is 0 Å². The van der Waals surface area contributed by atoms with Crippen LogP contribution >= 0.6 is 0 Å². The van der Waals surface area contributed by atoms with Gasteiger partial charge in [0.05, 0.1) is 39.1 Å². The predicted molar refractivity (Wildman–Crippen MR) is 285 cm³/mol. The molecule has 8 aromatic carbocycles. The van der Waals surface area contributed by atoms with Crippen LogP contribution in [0.15, 0.2) is 247 Å². The monoisotopic (exact) mass is 897 g/mol. The summed E-state index contributed by atoms with van der Waals surface area (Å²) in [6.45, 7) is 0. The minimum atomic E-state index is 0.0868. The molecular weight excluding hydrogens is 855 g/mol. The fourth-order valence-electron chi connectivity index (χ4n) is 12.0. The van der Waals surface area contributed by atoms with Gasteiger partial charge < -0.3 is 14.0 Å². The Morgan fingerprint density at radius 1 is 0.429 bits per heavy atom. The Morgan fingerprint density at radius 2 is 0.914 bits per heavy atom. The zero-order valence-corrected chi connectivity index (χ0v) is 38.1. The molecule has 7 nitrogen and oxygen atoms in total. The fourth-order valence-corrected chi connectivity index (χ4v) is 12.0.